The van der Waals surface area contributed by atoms with Crippen molar-refractivity contribution in [2.24, 2.45) is 11.8 Å². The van der Waals surface area contributed by atoms with Crippen molar-refractivity contribution in [3.8, 4) is 5.75 Å². The van der Waals surface area contributed by atoms with Crippen LogP contribution in [0.25, 0.3) is 0 Å². The summed E-state index contributed by atoms with van der Waals surface area (Å²) in [5, 5.41) is 11.7. The van der Waals surface area contributed by atoms with Crippen molar-refractivity contribution in [1.29, 1.82) is 0 Å². The summed E-state index contributed by atoms with van der Waals surface area (Å²) in [4.78, 5) is 23.1. The van der Waals surface area contributed by atoms with E-state index in [0.717, 1.165) is 0 Å². The van der Waals surface area contributed by atoms with Crippen LogP contribution >= 0.6 is 0 Å². The van der Waals surface area contributed by atoms with Crippen molar-refractivity contribution in [1.82, 2.24) is 0 Å². The number of carboxylic acid groups (broad SMARTS) is 1. The second kappa shape index (κ2) is 7.39. The number of rotatable bonds is 6. The fourth-order valence-corrected chi connectivity index (χ4v) is 2.67. The zero-order chi connectivity index (χ0) is 17.0. The normalized spacial score (nSPS) is 20.5. The predicted molar refractivity (Wildman–Crippen MR) is 79.8 cm³/mol. The van der Waals surface area contributed by atoms with E-state index in [2.05, 4.69) is 5.32 Å². The van der Waals surface area contributed by atoms with Gasteiger partial charge in [0.25, 0.3) is 6.43 Å². The Bertz CT molecular complexity index is 591. The molecule has 23 heavy (non-hydrogen) atoms. The number of nitrogens with one attached hydrogen (secondary N) is 1. The van der Waals surface area contributed by atoms with Crippen LogP contribution in [0, 0.1) is 18.8 Å². The van der Waals surface area contributed by atoms with E-state index in [-0.39, 0.29) is 17.6 Å². The molecule has 7 heteroatoms. The van der Waals surface area contributed by atoms with E-state index in [1.165, 1.54) is 6.07 Å². The number of hydrogen-bond acceptors (Lipinski definition) is 3. The quantitative estimate of drug-likeness (QED) is 0.842. The molecule has 5 nitrogen and oxygen atoms in total. The van der Waals surface area contributed by atoms with Gasteiger partial charge in [-0.25, -0.2) is 8.78 Å². The van der Waals surface area contributed by atoms with E-state index in [1.54, 1.807) is 19.1 Å². The van der Waals surface area contributed by atoms with Gasteiger partial charge in [0.15, 0.2) is 0 Å². The summed E-state index contributed by atoms with van der Waals surface area (Å²) in [5.74, 6) is -1.66. The highest BCUT2D eigenvalue weighted by atomic mass is 19.3. The first-order chi connectivity index (χ1) is 10.9. The zero-order valence-corrected chi connectivity index (χ0v) is 12.7. The van der Waals surface area contributed by atoms with Crippen LogP contribution in [0.2, 0.25) is 0 Å². The summed E-state index contributed by atoms with van der Waals surface area (Å²) in [6.07, 6.45) is -1.23. The number of hydrogen-bond donors (Lipinski definition) is 2. The minimum atomic E-state index is -2.57. The maximum absolute atomic E-state index is 12.2. The Kier molecular flexibility index (Phi) is 5.52. The van der Waals surface area contributed by atoms with Gasteiger partial charge in [-0.3, -0.25) is 9.59 Å². The third kappa shape index (κ3) is 4.64. The standard InChI is InChI=1S/C16H19F2NO4/c1-9-2-5-12(7-13(9)23-8-14(17)18)19-15(20)10-3-4-11(6-10)16(21)22/h2,5,7,10-11,14H,3-4,6,8H2,1H3,(H,19,20)(H,21,22)/t10-,11+/m1/s1. The molecule has 0 saturated heterocycles. The van der Waals surface area contributed by atoms with E-state index < -0.39 is 24.9 Å². The van der Waals surface area contributed by atoms with Crippen LogP contribution in [0.5, 0.6) is 5.75 Å². The predicted octanol–water partition coefficient (Wildman–Crippen LogP) is 3.08. The molecule has 2 N–H and O–H groups in total. The molecule has 1 amide bonds. The monoisotopic (exact) mass is 327 g/mol. The van der Waals surface area contributed by atoms with Crippen molar-refractivity contribution in [2.75, 3.05) is 11.9 Å². The zero-order valence-electron chi connectivity index (χ0n) is 12.7. The van der Waals surface area contributed by atoms with E-state index in [9.17, 15) is 18.4 Å². The number of aryl methyl sites for hydroxylation is 1. The first-order valence-corrected chi connectivity index (χ1v) is 7.42. The molecule has 0 spiro atoms. The lowest BCUT2D eigenvalue weighted by Gasteiger charge is -2.14. The number of alkyl halides is 2. The van der Waals surface area contributed by atoms with Crippen LogP contribution in [0.3, 0.4) is 0 Å². The second-order valence-electron chi connectivity index (χ2n) is 5.72. The summed E-state index contributed by atoms with van der Waals surface area (Å²) in [6, 6.07) is 4.83. The summed E-state index contributed by atoms with van der Waals surface area (Å²) in [6.45, 7) is 1.02. The maximum Gasteiger partial charge on any atom is 0.306 e. The van der Waals surface area contributed by atoms with Crippen molar-refractivity contribution < 1.29 is 28.2 Å². The number of anilines is 1. The summed E-state index contributed by atoms with van der Waals surface area (Å²) < 4.78 is 29.5. The number of carbonyl (C=O) groups excluding carboxylic acids is 1. The van der Waals surface area contributed by atoms with E-state index >= 15 is 0 Å². The molecule has 2 atom stereocenters. The molecule has 1 aliphatic rings. The average Bonchev–Trinajstić information content (AvgIpc) is 2.98. The van der Waals surface area contributed by atoms with Gasteiger partial charge in [0, 0.05) is 17.7 Å². The van der Waals surface area contributed by atoms with Crippen LogP contribution in [-0.2, 0) is 9.59 Å². The van der Waals surface area contributed by atoms with E-state index in [1.807, 2.05) is 0 Å². The molecule has 1 aromatic rings. The van der Waals surface area contributed by atoms with Crippen LogP contribution < -0.4 is 10.1 Å². The number of ether oxygens (including phenoxy) is 1. The lowest BCUT2D eigenvalue weighted by Crippen LogP contribution is -2.21. The first kappa shape index (κ1) is 17.2. The molecule has 2 rings (SSSR count). The topological polar surface area (TPSA) is 75.6 Å². The van der Waals surface area contributed by atoms with Gasteiger partial charge in [0.2, 0.25) is 5.91 Å². The molecular weight excluding hydrogens is 308 g/mol. The summed E-state index contributed by atoms with van der Waals surface area (Å²) in [5.41, 5.74) is 1.14. The number of amides is 1. The van der Waals surface area contributed by atoms with Crippen molar-refractivity contribution in [2.45, 2.75) is 32.6 Å². The Morgan fingerprint density at radius 2 is 2.04 bits per heavy atom. The highest BCUT2D eigenvalue weighted by Gasteiger charge is 2.33. The van der Waals surface area contributed by atoms with Crippen molar-refractivity contribution in [3.05, 3.63) is 23.8 Å². The molecule has 0 bridgehead atoms. The van der Waals surface area contributed by atoms with Gasteiger partial charge in [-0.2, -0.15) is 0 Å². The lowest BCUT2D eigenvalue weighted by molar-refractivity contribution is -0.141. The first-order valence-electron chi connectivity index (χ1n) is 7.42. The lowest BCUT2D eigenvalue weighted by atomic mass is 10.0. The largest absolute Gasteiger partial charge is 0.487 e. The third-order valence-electron chi connectivity index (χ3n) is 3.97. The molecule has 0 heterocycles. The average molecular weight is 327 g/mol. The molecule has 1 fully saturated rings. The molecule has 1 aromatic carbocycles. The fraction of sp³-hybridized carbons (Fsp3) is 0.500. The molecule has 0 unspecified atom stereocenters. The Labute approximate surface area is 132 Å². The van der Waals surface area contributed by atoms with Gasteiger partial charge in [0.1, 0.15) is 12.4 Å². The molecule has 0 aromatic heterocycles. The van der Waals surface area contributed by atoms with Gasteiger partial charge >= 0.3 is 5.97 Å². The molecule has 1 aliphatic carbocycles. The Morgan fingerprint density at radius 1 is 1.35 bits per heavy atom. The smallest absolute Gasteiger partial charge is 0.306 e. The third-order valence-corrected chi connectivity index (χ3v) is 3.97. The van der Waals surface area contributed by atoms with Crippen LogP contribution in [0.15, 0.2) is 18.2 Å². The Hall–Kier alpha value is -2.18. The van der Waals surface area contributed by atoms with Crippen LogP contribution in [-0.4, -0.2) is 30.0 Å². The Balaban J connectivity index is 1.98. The van der Waals surface area contributed by atoms with Crippen molar-refractivity contribution in [3.63, 3.8) is 0 Å². The van der Waals surface area contributed by atoms with Gasteiger partial charge in [0.05, 0.1) is 5.92 Å². The summed E-state index contributed by atoms with van der Waals surface area (Å²) >= 11 is 0. The summed E-state index contributed by atoms with van der Waals surface area (Å²) in [7, 11) is 0. The van der Waals surface area contributed by atoms with E-state index in [4.69, 9.17) is 9.84 Å². The minimum absolute atomic E-state index is 0.252. The molecular formula is C16H19F2NO4. The number of carbonyl (C=O) groups is 2. The van der Waals surface area contributed by atoms with Crippen molar-refractivity contribution >= 4 is 17.6 Å². The molecule has 0 radical (unpaired) electrons. The number of benzene rings is 1. The van der Waals surface area contributed by atoms with Gasteiger partial charge in [-0.15, -0.1) is 0 Å². The SMILES string of the molecule is Cc1ccc(NC(=O)[C@@H]2CC[C@H](C(=O)O)C2)cc1OCC(F)F. The number of carboxylic acids is 1. The minimum Gasteiger partial charge on any atom is -0.487 e. The highest BCUT2D eigenvalue weighted by molar-refractivity contribution is 5.93. The van der Waals surface area contributed by atoms with Crippen LogP contribution in [0.1, 0.15) is 24.8 Å². The number of aliphatic carboxylic acids is 1. The van der Waals surface area contributed by atoms with Crippen LogP contribution in [0.4, 0.5) is 14.5 Å². The fourth-order valence-electron chi connectivity index (χ4n) is 2.67. The number of halogens is 2. The molecule has 126 valence electrons. The maximum atomic E-state index is 12.2. The van der Waals surface area contributed by atoms with Gasteiger partial charge in [-0.1, -0.05) is 6.07 Å². The molecule has 0 aliphatic heterocycles. The Morgan fingerprint density at radius 3 is 2.65 bits per heavy atom. The second-order valence-corrected chi connectivity index (χ2v) is 5.72. The van der Waals surface area contributed by atoms with Gasteiger partial charge in [-0.05, 0) is 37.8 Å². The molecule has 1 saturated carbocycles. The van der Waals surface area contributed by atoms with E-state index in [0.29, 0.717) is 30.5 Å². The highest BCUT2D eigenvalue weighted by Crippen LogP contribution is 2.32. The van der Waals surface area contributed by atoms with Gasteiger partial charge < -0.3 is 15.2 Å².